The molecule has 122 valence electrons. The highest BCUT2D eigenvalue weighted by Crippen LogP contribution is 2.30. The van der Waals surface area contributed by atoms with Crippen molar-refractivity contribution < 1.29 is 4.74 Å². The zero-order valence-electron chi connectivity index (χ0n) is 12.9. The second kappa shape index (κ2) is 6.84. The monoisotopic (exact) mass is 358 g/mol. The van der Waals surface area contributed by atoms with Crippen molar-refractivity contribution >= 4 is 51.3 Å². The fraction of sp³-hybridized carbons (Fsp3) is 0.235. The third-order valence-corrected chi connectivity index (χ3v) is 4.84. The predicted octanol–water partition coefficient (Wildman–Crippen LogP) is 3.75. The smallest absolute Gasteiger partial charge is 0.225 e. The van der Waals surface area contributed by atoms with Crippen LogP contribution in [0.5, 0.6) is 0 Å². The molecule has 0 N–H and O–H groups in total. The van der Waals surface area contributed by atoms with Gasteiger partial charge in [-0.15, -0.1) is 0 Å². The van der Waals surface area contributed by atoms with Crippen molar-refractivity contribution in [2.75, 3.05) is 31.2 Å². The van der Waals surface area contributed by atoms with E-state index >= 15 is 0 Å². The van der Waals surface area contributed by atoms with E-state index in [2.05, 4.69) is 27.0 Å². The van der Waals surface area contributed by atoms with E-state index in [0.29, 0.717) is 13.2 Å². The number of benzene rings is 1. The molecule has 1 aliphatic heterocycles. The van der Waals surface area contributed by atoms with Crippen LogP contribution in [0.25, 0.3) is 22.5 Å². The number of morpholine rings is 1. The molecule has 0 saturated carbocycles. The Kier molecular flexibility index (Phi) is 4.42. The van der Waals surface area contributed by atoms with Crippen molar-refractivity contribution in [3.8, 4) is 0 Å². The largest absolute Gasteiger partial charge is 0.378 e. The Morgan fingerprint density at radius 1 is 1.04 bits per heavy atom. The standard InChI is InChI=1S/C17H15ClN4OS/c18-17-20-15(22-8-10-23-11-9-22)14-16(21-17)24-13(19-14)7-6-12-4-2-1-3-5-12/h1-7H,8-11H2. The van der Waals surface area contributed by atoms with Gasteiger partial charge >= 0.3 is 0 Å². The van der Waals surface area contributed by atoms with Crippen LogP contribution in [0.15, 0.2) is 30.3 Å². The summed E-state index contributed by atoms with van der Waals surface area (Å²) in [6, 6.07) is 10.1. The van der Waals surface area contributed by atoms with Crippen molar-refractivity contribution in [2.24, 2.45) is 0 Å². The SMILES string of the molecule is Clc1nc(N2CCOCC2)c2nc(C=Cc3ccccc3)sc2n1. The lowest BCUT2D eigenvalue weighted by atomic mass is 10.2. The summed E-state index contributed by atoms with van der Waals surface area (Å²) in [5.74, 6) is 0.795. The number of nitrogens with zero attached hydrogens (tertiary/aromatic N) is 4. The number of halogens is 1. The van der Waals surface area contributed by atoms with Crippen LogP contribution in [0.2, 0.25) is 5.28 Å². The molecule has 0 unspecified atom stereocenters. The van der Waals surface area contributed by atoms with Gasteiger partial charge < -0.3 is 9.64 Å². The van der Waals surface area contributed by atoms with E-state index in [-0.39, 0.29) is 5.28 Å². The number of ether oxygens (including phenoxy) is 1. The van der Waals surface area contributed by atoms with Gasteiger partial charge in [0.15, 0.2) is 10.6 Å². The fourth-order valence-electron chi connectivity index (χ4n) is 2.60. The molecule has 3 aromatic rings. The molecule has 0 spiro atoms. The topological polar surface area (TPSA) is 51.1 Å². The molecule has 0 atom stereocenters. The second-order valence-electron chi connectivity index (χ2n) is 5.37. The first-order chi connectivity index (χ1) is 11.8. The Labute approximate surface area is 148 Å². The molecule has 7 heteroatoms. The number of hydrogen-bond donors (Lipinski definition) is 0. The Morgan fingerprint density at radius 2 is 1.83 bits per heavy atom. The Bertz CT molecular complexity index is 875. The summed E-state index contributed by atoms with van der Waals surface area (Å²) in [7, 11) is 0. The number of thiazole rings is 1. The first-order valence-electron chi connectivity index (χ1n) is 7.69. The van der Waals surface area contributed by atoms with Crippen LogP contribution >= 0.6 is 22.9 Å². The van der Waals surface area contributed by atoms with Crippen molar-refractivity contribution in [1.82, 2.24) is 15.0 Å². The molecule has 0 aliphatic carbocycles. The third kappa shape index (κ3) is 3.26. The Hall–Kier alpha value is -2.02. The highest BCUT2D eigenvalue weighted by atomic mass is 35.5. The number of anilines is 1. The lowest BCUT2D eigenvalue weighted by Gasteiger charge is -2.27. The van der Waals surface area contributed by atoms with Gasteiger partial charge in [-0.2, -0.15) is 4.98 Å². The van der Waals surface area contributed by atoms with Crippen LogP contribution in [-0.4, -0.2) is 41.3 Å². The lowest BCUT2D eigenvalue weighted by molar-refractivity contribution is 0.122. The number of hydrogen-bond acceptors (Lipinski definition) is 6. The number of rotatable bonds is 3. The first kappa shape index (κ1) is 15.5. The van der Waals surface area contributed by atoms with Gasteiger partial charge in [-0.05, 0) is 23.2 Å². The molecule has 1 saturated heterocycles. The maximum Gasteiger partial charge on any atom is 0.225 e. The van der Waals surface area contributed by atoms with E-state index in [1.165, 1.54) is 11.3 Å². The molecule has 1 fully saturated rings. The van der Waals surface area contributed by atoms with Gasteiger partial charge in [0.25, 0.3) is 0 Å². The van der Waals surface area contributed by atoms with E-state index in [4.69, 9.17) is 21.3 Å². The summed E-state index contributed by atoms with van der Waals surface area (Å²) in [5.41, 5.74) is 1.94. The predicted molar refractivity (Wildman–Crippen MR) is 98.6 cm³/mol. The van der Waals surface area contributed by atoms with Gasteiger partial charge in [0.1, 0.15) is 10.5 Å². The Morgan fingerprint density at radius 3 is 2.62 bits per heavy atom. The van der Waals surface area contributed by atoms with Crippen LogP contribution in [0, 0.1) is 0 Å². The van der Waals surface area contributed by atoms with Crippen LogP contribution < -0.4 is 4.90 Å². The highest BCUT2D eigenvalue weighted by Gasteiger charge is 2.19. The maximum absolute atomic E-state index is 6.11. The minimum absolute atomic E-state index is 0.256. The molecule has 4 rings (SSSR count). The van der Waals surface area contributed by atoms with E-state index < -0.39 is 0 Å². The molecule has 24 heavy (non-hydrogen) atoms. The van der Waals surface area contributed by atoms with Crippen LogP contribution in [0.4, 0.5) is 5.82 Å². The van der Waals surface area contributed by atoms with Gasteiger partial charge in [0.2, 0.25) is 5.28 Å². The fourth-order valence-corrected chi connectivity index (χ4v) is 3.65. The van der Waals surface area contributed by atoms with Gasteiger partial charge in [0, 0.05) is 13.1 Å². The quantitative estimate of drug-likeness (QED) is 0.667. The van der Waals surface area contributed by atoms with Gasteiger partial charge in [-0.3, -0.25) is 0 Å². The molecule has 3 heterocycles. The van der Waals surface area contributed by atoms with Gasteiger partial charge in [0.05, 0.1) is 13.2 Å². The van der Waals surface area contributed by atoms with E-state index in [1.54, 1.807) is 0 Å². The molecule has 1 aromatic carbocycles. The van der Waals surface area contributed by atoms with E-state index in [0.717, 1.165) is 39.8 Å². The van der Waals surface area contributed by atoms with Crippen molar-refractivity contribution in [3.63, 3.8) is 0 Å². The first-order valence-corrected chi connectivity index (χ1v) is 8.89. The molecule has 0 bridgehead atoms. The van der Waals surface area contributed by atoms with E-state index in [9.17, 15) is 0 Å². The van der Waals surface area contributed by atoms with Crippen molar-refractivity contribution in [3.05, 3.63) is 46.2 Å². The average Bonchev–Trinajstić information content (AvgIpc) is 3.03. The normalized spacial score (nSPS) is 15.5. The van der Waals surface area contributed by atoms with Crippen LogP contribution in [0.3, 0.4) is 0 Å². The summed E-state index contributed by atoms with van der Waals surface area (Å²) < 4.78 is 5.41. The molecule has 1 aliphatic rings. The van der Waals surface area contributed by atoms with Gasteiger partial charge in [-0.1, -0.05) is 47.7 Å². The third-order valence-electron chi connectivity index (χ3n) is 3.76. The molecular formula is C17H15ClN4OS. The zero-order chi connectivity index (χ0) is 16.4. The van der Waals surface area contributed by atoms with Crippen molar-refractivity contribution in [2.45, 2.75) is 0 Å². The van der Waals surface area contributed by atoms with Crippen LogP contribution in [0.1, 0.15) is 10.6 Å². The number of fused-ring (bicyclic) bond motifs is 1. The van der Waals surface area contributed by atoms with E-state index in [1.807, 2.05) is 30.4 Å². The number of aromatic nitrogens is 3. The average molecular weight is 359 g/mol. The van der Waals surface area contributed by atoms with Crippen LogP contribution in [-0.2, 0) is 4.74 Å². The summed E-state index contributed by atoms with van der Waals surface area (Å²) in [6.07, 6.45) is 4.04. The molecule has 0 radical (unpaired) electrons. The maximum atomic E-state index is 6.11. The van der Waals surface area contributed by atoms with Crippen molar-refractivity contribution in [1.29, 1.82) is 0 Å². The summed E-state index contributed by atoms with van der Waals surface area (Å²) in [5, 5.41) is 1.14. The second-order valence-corrected chi connectivity index (χ2v) is 6.71. The lowest BCUT2D eigenvalue weighted by Crippen LogP contribution is -2.37. The minimum Gasteiger partial charge on any atom is -0.378 e. The summed E-state index contributed by atoms with van der Waals surface area (Å²) >= 11 is 7.62. The molecule has 2 aromatic heterocycles. The molecule has 5 nitrogen and oxygen atoms in total. The summed E-state index contributed by atoms with van der Waals surface area (Å²) in [4.78, 5) is 16.4. The van der Waals surface area contributed by atoms with Gasteiger partial charge in [-0.25, -0.2) is 9.97 Å². The minimum atomic E-state index is 0.256. The molecular weight excluding hydrogens is 344 g/mol. The molecule has 0 amide bonds. The Balaban J connectivity index is 1.70. The summed E-state index contributed by atoms with van der Waals surface area (Å²) in [6.45, 7) is 2.95. The zero-order valence-corrected chi connectivity index (χ0v) is 14.4. The highest BCUT2D eigenvalue weighted by molar-refractivity contribution is 7.19.